The largest absolute Gasteiger partial charge is 0.308 e. The first kappa shape index (κ1) is 13.7. The van der Waals surface area contributed by atoms with Gasteiger partial charge in [0.1, 0.15) is 4.60 Å². The molecule has 0 spiro atoms. The maximum atomic E-state index is 12.0. The highest BCUT2D eigenvalue weighted by Crippen LogP contribution is 2.53. The molecule has 5 nitrogen and oxygen atoms in total. The monoisotopic (exact) mass is 332 g/mol. The normalized spacial score (nSPS) is 32.3. The molecule has 0 radical (unpaired) electrons. The Balaban J connectivity index is 0.00000120. The number of nitrogens with zero attached hydrogens (tertiary/aromatic N) is 2. The van der Waals surface area contributed by atoms with Crippen LogP contribution in [0.5, 0.6) is 0 Å². The molecular formula is C11H14BrClN4O. The number of carbonyl (C=O) groups excluding carboxylic acids is 1. The molecule has 1 amide bonds. The molecule has 3 unspecified atom stereocenters. The predicted molar refractivity (Wildman–Crippen MR) is 73.7 cm³/mol. The van der Waals surface area contributed by atoms with Gasteiger partial charge >= 0.3 is 0 Å². The average molecular weight is 334 g/mol. The molecule has 1 aliphatic heterocycles. The van der Waals surface area contributed by atoms with E-state index in [0.717, 1.165) is 6.42 Å². The number of anilines is 1. The fourth-order valence-corrected chi connectivity index (χ4v) is 2.75. The molecule has 1 saturated carbocycles. The summed E-state index contributed by atoms with van der Waals surface area (Å²) in [5, 5.41) is 6.11. The Morgan fingerprint density at radius 3 is 2.94 bits per heavy atom. The molecule has 0 bridgehead atoms. The lowest BCUT2D eigenvalue weighted by molar-refractivity contribution is -0.118. The van der Waals surface area contributed by atoms with Crippen molar-refractivity contribution in [1.29, 1.82) is 0 Å². The van der Waals surface area contributed by atoms with Gasteiger partial charge in [0.2, 0.25) is 5.91 Å². The number of nitrogens with one attached hydrogen (secondary N) is 2. The second kappa shape index (κ2) is 4.75. The Bertz CT molecular complexity index is 486. The summed E-state index contributed by atoms with van der Waals surface area (Å²) in [5.74, 6) is 0.461. The first-order valence-corrected chi connectivity index (χ1v) is 6.41. The number of hydrogen-bond donors (Lipinski definition) is 2. The van der Waals surface area contributed by atoms with Gasteiger partial charge < -0.3 is 10.6 Å². The Kier molecular flexibility index (Phi) is 3.62. The van der Waals surface area contributed by atoms with Crippen molar-refractivity contribution in [2.24, 2.45) is 5.41 Å². The van der Waals surface area contributed by atoms with Gasteiger partial charge in [-0.25, -0.2) is 4.98 Å². The standard InChI is InChI=1S/C11H13BrN4O.ClH/c1-11-2-6(14-7(11)3-11)10(17)16-9-5-13-4-8(12)15-9;/h4-7,14H,2-3H2,1H3,(H,15,16,17);1H. The van der Waals surface area contributed by atoms with Crippen molar-refractivity contribution in [2.45, 2.75) is 31.8 Å². The molecule has 2 heterocycles. The van der Waals surface area contributed by atoms with Gasteiger partial charge in [-0.05, 0) is 34.2 Å². The Morgan fingerprint density at radius 1 is 1.56 bits per heavy atom. The molecule has 2 N–H and O–H groups in total. The van der Waals surface area contributed by atoms with Gasteiger partial charge in [-0.3, -0.25) is 9.78 Å². The van der Waals surface area contributed by atoms with Crippen molar-refractivity contribution in [3.8, 4) is 0 Å². The van der Waals surface area contributed by atoms with E-state index in [2.05, 4.69) is 43.5 Å². The summed E-state index contributed by atoms with van der Waals surface area (Å²) in [5.41, 5.74) is 0.338. The van der Waals surface area contributed by atoms with Crippen molar-refractivity contribution in [3.63, 3.8) is 0 Å². The van der Waals surface area contributed by atoms with Crippen molar-refractivity contribution in [1.82, 2.24) is 15.3 Å². The molecule has 7 heteroatoms. The predicted octanol–water partition coefficient (Wildman–Crippen LogP) is 1.74. The van der Waals surface area contributed by atoms with E-state index in [9.17, 15) is 4.79 Å². The SMILES string of the molecule is CC12CC(C(=O)Nc3cncc(Br)n3)NC1C2.Cl. The van der Waals surface area contributed by atoms with Crippen LogP contribution < -0.4 is 10.6 Å². The fourth-order valence-electron chi connectivity index (χ4n) is 2.45. The molecule has 1 aromatic rings. The van der Waals surface area contributed by atoms with Crippen molar-refractivity contribution >= 4 is 40.1 Å². The Morgan fingerprint density at radius 2 is 2.33 bits per heavy atom. The summed E-state index contributed by atoms with van der Waals surface area (Å²) in [7, 11) is 0. The zero-order chi connectivity index (χ0) is 12.0. The van der Waals surface area contributed by atoms with Gasteiger partial charge in [-0.15, -0.1) is 12.4 Å². The smallest absolute Gasteiger partial charge is 0.242 e. The molecular weight excluding hydrogens is 320 g/mol. The molecule has 3 atom stereocenters. The number of carbonyl (C=O) groups is 1. The van der Waals surface area contributed by atoms with E-state index >= 15 is 0 Å². The lowest BCUT2D eigenvalue weighted by Gasteiger charge is -2.13. The number of rotatable bonds is 2. The summed E-state index contributed by atoms with van der Waals surface area (Å²) < 4.78 is 0.615. The quantitative estimate of drug-likeness (QED) is 0.865. The number of halogens is 2. The first-order valence-electron chi connectivity index (χ1n) is 5.61. The fraction of sp³-hybridized carbons (Fsp3) is 0.545. The van der Waals surface area contributed by atoms with Crippen LogP contribution in [-0.2, 0) is 4.79 Å². The van der Waals surface area contributed by atoms with E-state index in [1.54, 1.807) is 12.4 Å². The zero-order valence-electron chi connectivity index (χ0n) is 9.81. The van der Waals surface area contributed by atoms with E-state index in [1.165, 1.54) is 6.42 Å². The van der Waals surface area contributed by atoms with Crippen LogP contribution in [-0.4, -0.2) is 28.0 Å². The minimum absolute atomic E-state index is 0. The number of fused-ring (bicyclic) bond motifs is 1. The van der Waals surface area contributed by atoms with Crippen LogP contribution in [0.1, 0.15) is 19.8 Å². The highest BCUT2D eigenvalue weighted by molar-refractivity contribution is 9.10. The van der Waals surface area contributed by atoms with Crippen molar-refractivity contribution in [3.05, 3.63) is 17.0 Å². The van der Waals surface area contributed by atoms with Crippen LogP contribution in [0.25, 0.3) is 0 Å². The zero-order valence-corrected chi connectivity index (χ0v) is 12.2. The van der Waals surface area contributed by atoms with Crippen LogP contribution in [0.15, 0.2) is 17.0 Å². The molecule has 1 saturated heterocycles. The van der Waals surface area contributed by atoms with Crippen molar-refractivity contribution in [2.75, 3.05) is 5.32 Å². The minimum Gasteiger partial charge on any atom is -0.308 e. The molecule has 2 aliphatic rings. The average Bonchev–Trinajstić information content (AvgIpc) is 2.77. The van der Waals surface area contributed by atoms with E-state index in [0.29, 0.717) is 21.9 Å². The summed E-state index contributed by atoms with van der Waals surface area (Å²) in [6, 6.07) is 0.423. The van der Waals surface area contributed by atoms with E-state index in [-0.39, 0.29) is 24.4 Å². The van der Waals surface area contributed by atoms with Gasteiger partial charge in [0.05, 0.1) is 18.4 Å². The minimum atomic E-state index is -0.0977. The van der Waals surface area contributed by atoms with Crippen molar-refractivity contribution < 1.29 is 4.79 Å². The Hall–Kier alpha value is -0.720. The van der Waals surface area contributed by atoms with E-state index in [1.807, 2.05) is 0 Å². The van der Waals surface area contributed by atoms with Gasteiger partial charge in [0, 0.05) is 6.04 Å². The van der Waals surface area contributed by atoms with E-state index < -0.39 is 0 Å². The summed E-state index contributed by atoms with van der Waals surface area (Å²) in [6.45, 7) is 2.22. The van der Waals surface area contributed by atoms with Gasteiger partial charge in [-0.2, -0.15) is 0 Å². The Labute approximate surface area is 120 Å². The summed E-state index contributed by atoms with van der Waals surface area (Å²) in [6.07, 6.45) is 5.22. The lowest BCUT2D eigenvalue weighted by atomic mass is 10.0. The van der Waals surface area contributed by atoms with Gasteiger partial charge in [0.15, 0.2) is 5.82 Å². The lowest BCUT2D eigenvalue weighted by Crippen LogP contribution is -2.38. The number of piperidine rings is 1. The maximum absolute atomic E-state index is 12.0. The second-order valence-corrected chi connectivity index (χ2v) is 5.86. The van der Waals surface area contributed by atoms with Crippen LogP contribution in [0.3, 0.4) is 0 Å². The summed E-state index contributed by atoms with van der Waals surface area (Å²) in [4.78, 5) is 20.1. The molecule has 0 aromatic carbocycles. The highest BCUT2D eigenvalue weighted by Gasteiger charge is 2.58. The third-order valence-electron chi connectivity index (χ3n) is 3.60. The molecule has 1 aliphatic carbocycles. The van der Waals surface area contributed by atoms with Crippen LogP contribution in [0.4, 0.5) is 5.82 Å². The number of amides is 1. The molecule has 3 rings (SSSR count). The molecule has 18 heavy (non-hydrogen) atoms. The topological polar surface area (TPSA) is 66.9 Å². The number of aromatic nitrogens is 2. The second-order valence-electron chi connectivity index (χ2n) is 5.05. The number of hydrogen-bond acceptors (Lipinski definition) is 4. The third kappa shape index (κ3) is 2.50. The van der Waals surface area contributed by atoms with E-state index in [4.69, 9.17) is 0 Å². The molecule has 2 fully saturated rings. The molecule has 98 valence electrons. The van der Waals surface area contributed by atoms with Crippen LogP contribution in [0, 0.1) is 5.41 Å². The highest BCUT2D eigenvalue weighted by atomic mass is 79.9. The van der Waals surface area contributed by atoms with Gasteiger partial charge in [-0.1, -0.05) is 6.92 Å². The van der Waals surface area contributed by atoms with Crippen LogP contribution in [0.2, 0.25) is 0 Å². The van der Waals surface area contributed by atoms with Crippen LogP contribution >= 0.6 is 28.3 Å². The van der Waals surface area contributed by atoms with Gasteiger partial charge in [0.25, 0.3) is 0 Å². The maximum Gasteiger partial charge on any atom is 0.242 e. The molecule has 1 aromatic heterocycles. The summed E-state index contributed by atoms with van der Waals surface area (Å²) >= 11 is 3.22. The third-order valence-corrected chi connectivity index (χ3v) is 3.98. The first-order chi connectivity index (χ1) is 8.07.